The number of hydrogen-bond donors (Lipinski definition) is 5. The number of carbonyl (C=O) groups is 2. The van der Waals surface area contributed by atoms with Crippen LogP contribution in [0, 0.1) is 36.5 Å². The van der Waals surface area contributed by atoms with Crippen molar-refractivity contribution in [1.82, 2.24) is 15.3 Å². The maximum absolute atomic E-state index is 11.2. The summed E-state index contributed by atoms with van der Waals surface area (Å²) in [5, 5.41) is 60.0. The third kappa shape index (κ3) is 13.4. The lowest BCUT2D eigenvalue weighted by molar-refractivity contribution is -0.147. The Morgan fingerprint density at radius 3 is 1.59 bits per heavy atom. The van der Waals surface area contributed by atoms with Crippen LogP contribution in [0.2, 0.25) is 10.0 Å². The third-order valence-corrected chi connectivity index (χ3v) is 11.6. The quantitative estimate of drug-likeness (QED) is 0.0405. The minimum absolute atomic E-state index is 0.0363. The molecule has 4 aromatic carbocycles. The van der Waals surface area contributed by atoms with Gasteiger partial charge < -0.3 is 44.7 Å². The van der Waals surface area contributed by atoms with Crippen LogP contribution in [-0.2, 0) is 49.0 Å². The van der Waals surface area contributed by atoms with E-state index >= 15 is 0 Å². The molecular formula is C51H47Cl2N5O10. The molecule has 0 saturated heterocycles. The van der Waals surface area contributed by atoms with Gasteiger partial charge in [-0.2, -0.15) is 10.5 Å². The average molecular weight is 961 g/mol. The highest BCUT2D eigenvalue weighted by atomic mass is 35.5. The first kappa shape index (κ1) is 50.2. The van der Waals surface area contributed by atoms with Gasteiger partial charge in [0.15, 0.2) is 12.2 Å². The van der Waals surface area contributed by atoms with Crippen molar-refractivity contribution in [3.05, 3.63) is 163 Å². The first-order valence-corrected chi connectivity index (χ1v) is 22.0. The number of halogens is 2. The second-order valence-corrected chi connectivity index (χ2v) is 16.5. The van der Waals surface area contributed by atoms with Crippen molar-refractivity contribution < 1.29 is 49.0 Å². The molecule has 6 aromatic rings. The van der Waals surface area contributed by atoms with Gasteiger partial charge >= 0.3 is 11.9 Å². The maximum Gasteiger partial charge on any atom is 0.333 e. The molecule has 6 rings (SSSR count). The van der Waals surface area contributed by atoms with E-state index in [1.807, 2.05) is 50.2 Å². The number of ether oxygens (including phenoxy) is 4. The summed E-state index contributed by atoms with van der Waals surface area (Å²) >= 11 is 13.5. The van der Waals surface area contributed by atoms with Crippen molar-refractivity contribution in [3.8, 4) is 46.3 Å². The molecule has 17 heteroatoms. The number of rotatable bonds is 23. The van der Waals surface area contributed by atoms with Gasteiger partial charge in [0.1, 0.15) is 61.6 Å². The molecule has 0 aliphatic rings. The van der Waals surface area contributed by atoms with Crippen LogP contribution in [0.1, 0.15) is 68.5 Å². The van der Waals surface area contributed by atoms with Crippen molar-refractivity contribution in [2.24, 2.45) is 0 Å². The van der Waals surface area contributed by atoms with Gasteiger partial charge in [-0.25, -0.2) is 9.59 Å². The van der Waals surface area contributed by atoms with E-state index in [1.54, 1.807) is 48.8 Å². The number of benzene rings is 4. The van der Waals surface area contributed by atoms with E-state index in [-0.39, 0.29) is 51.0 Å². The molecule has 2 heterocycles. The lowest BCUT2D eigenvalue weighted by Gasteiger charge is -2.19. The second kappa shape index (κ2) is 24.0. The van der Waals surface area contributed by atoms with Crippen molar-refractivity contribution >= 4 is 35.1 Å². The van der Waals surface area contributed by atoms with Gasteiger partial charge in [0.05, 0.1) is 21.2 Å². The van der Waals surface area contributed by atoms with Crippen LogP contribution >= 0.6 is 23.2 Å². The van der Waals surface area contributed by atoms with Crippen LogP contribution < -0.4 is 24.3 Å². The number of hydrogen-bond acceptors (Lipinski definition) is 13. The van der Waals surface area contributed by atoms with Gasteiger partial charge in [-0.3, -0.25) is 9.97 Å². The van der Waals surface area contributed by atoms with E-state index in [4.69, 9.17) is 52.4 Å². The van der Waals surface area contributed by atoms with E-state index in [0.29, 0.717) is 74.2 Å². The molecule has 350 valence electrons. The van der Waals surface area contributed by atoms with Crippen LogP contribution in [0.3, 0.4) is 0 Å². The summed E-state index contributed by atoms with van der Waals surface area (Å²) in [6.45, 7) is 4.40. The lowest BCUT2D eigenvalue weighted by Crippen LogP contribution is -2.32. The zero-order valence-electron chi connectivity index (χ0n) is 37.0. The predicted octanol–water partition coefficient (Wildman–Crippen LogP) is 8.43. The molecule has 0 aliphatic heterocycles. The number of carboxylic acid groups (broad SMARTS) is 2. The molecular weight excluding hydrogens is 913 g/mol. The zero-order chi connectivity index (χ0) is 48.7. The van der Waals surface area contributed by atoms with Crippen LogP contribution in [0.25, 0.3) is 11.1 Å². The number of nitrogens with zero attached hydrogens (tertiary/aromatic N) is 4. The van der Waals surface area contributed by atoms with E-state index in [9.17, 15) is 30.3 Å². The molecule has 5 N–H and O–H groups in total. The summed E-state index contributed by atoms with van der Waals surface area (Å²) in [6.07, 6.45) is 3.74. The van der Waals surface area contributed by atoms with Crippen molar-refractivity contribution in [2.45, 2.75) is 78.3 Å². The zero-order valence-corrected chi connectivity index (χ0v) is 38.6. The molecule has 0 fully saturated rings. The number of aliphatic hydroxyl groups excluding tert-OH is 2. The minimum Gasteiger partial charge on any atom is -0.488 e. The average Bonchev–Trinajstić information content (AvgIpc) is 3.33. The Morgan fingerprint density at radius 2 is 1.10 bits per heavy atom. The molecule has 0 radical (unpaired) electrons. The van der Waals surface area contributed by atoms with Crippen LogP contribution in [-0.4, -0.2) is 61.1 Å². The Morgan fingerprint density at radius 1 is 0.632 bits per heavy atom. The summed E-state index contributed by atoms with van der Waals surface area (Å²) < 4.78 is 25.0. The van der Waals surface area contributed by atoms with Crippen molar-refractivity contribution in [3.63, 3.8) is 0 Å². The molecule has 68 heavy (non-hydrogen) atoms. The molecule has 0 saturated carbocycles. The summed E-state index contributed by atoms with van der Waals surface area (Å²) in [7, 11) is 0. The Bertz CT molecular complexity index is 2670. The number of aliphatic hydroxyl groups is 2. The molecule has 2 aromatic heterocycles. The Hall–Kier alpha value is -7.24. The van der Waals surface area contributed by atoms with Gasteiger partial charge in [0.25, 0.3) is 0 Å². The lowest BCUT2D eigenvalue weighted by atomic mass is 9.92. The largest absolute Gasteiger partial charge is 0.488 e. The van der Waals surface area contributed by atoms with Gasteiger partial charge in [0, 0.05) is 66.7 Å². The first-order chi connectivity index (χ1) is 32.7. The Kier molecular flexibility index (Phi) is 17.7. The second-order valence-electron chi connectivity index (χ2n) is 15.7. The van der Waals surface area contributed by atoms with Gasteiger partial charge in [-0.1, -0.05) is 59.6 Å². The normalized spacial score (nSPS) is 11.8. The fourth-order valence-electron chi connectivity index (χ4n) is 7.17. The van der Waals surface area contributed by atoms with Gasteiger partial charge in [0.2, 0.25) is 0 Å². The van der Waals surface area contributed by atoms with Gasteiger partial charge in [-0.15, -0.1) is 0 Å². The molecule has 0 spiro atoms. The number of aromatic nitrogens is 2. The number of nitrogens with one attached hydrogen (secondary N) is 1. The Balaban J connectivity index is 1.19. The van der Waals surface area contributed by atoms with Crippen LogP contribution in [0.5, 0.6) is 23.0 Å². The molecule has 0 unspecified atom stereocenters. The highest BCUT2D eigenvalue weighted by Crippen LogP contribution is 2.38. The summed E-state index contributed by atoms with van der Waals surface area (Å²) in [5.41, 5.74) is 9.02. The van der Waals surface area contributed by atoms with Crippen molar-refractivity contribution in [1.29, 1.82) is 10.5 Å². The monoisotopic (exact) mass is 959 g/mol. The molecule has 15 nitrogen and oxygen atoms in total. The summed E-state index contributed by atoms with van der Waals surface area (Å²) in [6, 6.07) is 26.0. The maximum atomic E-state index is 11.2. The Labute approximate surface area is 402 Å². The van der Waals surface area contributed by atoms with Gasteiger partial charge in [-0.05, 0) is 96.3 Å². The fourth-order valence-corrected chi connectivity index (χ4v) is 7.65. The summed E-state index contributed by atoms with van der Waals surface area (Å²) in [4.78, 5) is 30.6. The number of carboxylic acids is 2. The molecule has 0 amide bonds. The third-order valence-electron chi connectivity index (χ3n) is 11.0. The molecule has 0 bridgehead atoms. The van der Waals surface area contributed by atoms with E-state index in [0.717, 1.165) is 33.4 Å². The van der Waals surface area contributed by atoms with Crippen LogP contribution in [0.15, 0.2) is 97.6 Å². The number of aliphatic carboxylic acids is 2. The molecule has 2 atom stereocenters. The van der Waals surface area contributed by atoms with Crippen molar-refractivity contribution in [2.75, 3.05) is 6.54 Å². The van der Waals surface area contributed by atoms with E-state index in [2.05, 4.69) is 27.4 Å². The first-order valence-electron chi connectivity index (χ1n) is 21.3. The topological polar surface area (TPSA) is 237 Å². The predicted molar refractivity (Wildman–Crippen MR) is 251 cm³/mol. The standard InChI is InChI=1S/C51H47Cl2N5O10/c1-30-37(28-67-48-16-46(65-26-34-12-32(18-54)20-56-22-34)36(14-42(48)52)6-5-11-44(59)50(61)62)7-3-9-40(30)41-10-4-8-38(31(41)2)29-68-49-17-47(66-27-35-13-33(19-55)21-57-23-35)39(15-43(49)53)24-58-25-45(60)51(63)64/h3-4,7-10,12-17,20-23,44-45,58-60H,5-6,11,24-29H2,1-2H3,(H,61,62)(H,63,64)/t44-,45-/m1/s1. The number of pyridine rings is 2. The smallest absolute Gasteiger partial charge is 0.333 e. The fraction of sp³-hybridized carbons (Fsp3) is 0.255. The summed E-state index contributed by atoms with van der Waals surface area (Å²) in [5.74, 6) is -1.12. The highest BCUT2D eigenvalue weighted by Gasteiger charge is 2.19. The highest BCUT2D eigenvalue weighted by molar-refractivity contribution is 6.32. The minimum atomic E-state index is -1.60. The SMILES string of the molecule is Cc1c(COc2cc(OCc3cncc(C#N)c3)c(CCC[C@@H](O)C(=O)O)cc2Cl)cccc1-c1cccc(COc2cc(OCc3cncc(C#N)c3)c(CNC[C@@H](O)C(=O)O)cc2Cl)c1C. The van der Waals surface area contributed by atoms with E-state index < -0.39 is 24.1 Å². The number of nitriles is 2. The van der Waals surface area contributed by atoms with Crippen LogP contribution in [0.4, 0.5) is 0 Å². The van der Waals surface area contributed by atoms with E-state index in [1.165, 1.54) is 12.4 Å². The number of aryl methyl sites for hydroxylation is 1. The molecule has 0 aliphatic carbocycles.